The summed E-state index contributed by atoms with van der Waals surface area (Å²) in [5.41, 5.74) is 0.823. The van der Waals surface area contributed by atoms with Crippen LogP contribution in [-0.2, 0) is 0 Å². The Hall–Kier alpha value is -2.21. The van der Waals surface area contributed by atoms with Gasteiger partial charge in [0.25, 0.3) is 5.69 Å². The van der Waals surface area contributed by atoms with Gasteiger partial charge >= 0.3 is 0 Å². The molecule has 6 heteroatoms. The number of aromatic nitrogens is 2. The number of nitrogens with one attached hydrogen (secondary N) is 2. The maximum atomic E-state index is 11.1. The molecule has 6 nitrogen and oxygen atoms in total. The lowest BCUT2D eigenvalue weighted by atomic mass is 10.0. The number of aromatic amines is 1. The van der Waals surface area contributed by atoms with Crippen LogP contribution in [0.5, 0.6) is 0 Å². The molecule has 2 rings (SSSR count). The van der Waals surface area contributed by atoms with Crippen LogP contribution in [0.3, 0.4) is 0 Å². The highest BCUT2D eigenvalue weighted by Crippen LogP contribution is 2.27. The molecule has 106 valence electrons. The first kappa shape index (κ1) is 14.2. The summed E-state index contributed by atoms with van der Waals surface area (Å²) in [5.74, 6) is 0.845. The second-order valence-electron chi connectivity index (χ2n) is 4.64. The summed E-state index contributed by atoms with van der Waals surface area (Å²) < 4.78 is 0. The SMILES string of the molecule is CCC(NC(C)c1ccccc1[N+](=O)[O-])c1ncc[nH]1. The predicted molar refractivity (Wildman–Crippen MR) is 76.3 cm³/mol. The molecule has 20 heavy (non-hydrogen) atoms. The Morgan fingerprint density at radius 1 is 1.45 bits per heavy atom. The number of benzene rings is 1. The van der Waals surface area contributed by atoms with E-state index in [2.05, 4.69) is 15.3 Å². The number of para-hydroxylation sites is 1. The Morgan fingerprint density at radius 3 is 2.80 bits per heavy atom. The fourth-order valence-electron chi connectivity index (χ4n) is 2.27. The lowest BCUT2D eigenvalue weighted by Crippen LogP contribution is -2.25. The molecule has 0 aliphatic rings. The number of nitro groups is 1. The quantitative estimate of drug-likeness (QED) is 0.626. The first-order valence-corrected chi connectivity index (χ1v) is 6.62. The van der Waals surface area contributed by atoms with Crippen LogP contribution in [0.25, 0.3) is 0 Å². The molecule has 0 saturated heterocycles. The third-order valence-electron chi connectivity index (χ3n) is 3.31. The van der Waals surface area contributed by atoms with Crippen molar-refractivity contribution in [1.82, 2.24) is 15.3 Å². The standard InChI is InChI=1S/C14H18N4O2/c1-3-12(14-15-8-9-16-14)17-10(2)11-6-4-5-7-13(11)18(19)20/h4-10,12,17H,3H2,1-2H3,(H,15,16). The van der Waals surface area contributed by atoms with Crippen molar-refractivity contribution >= 4 is 5.69 Å². The van der Waals surface area contributed by atoms with Gasteiger partial charge in [0.1, 0.15) is 5.82 Å². The minimum Gasteiger partial charge on any atom is -0.347 e. The van der Waals surface area contributed by atoms with E-state index < -0.39 is 0 Å². The summed E-state index contributed by atoms with van der Waals surface area (Å²) >= 11 is 0. The predicted octanol–water partition coefficient (Wildman–Crippen LogP) is 3.12. The third-order valence-corrected chi connectivity index (χ3v) is 3.31. The van der Waals surface area contributed by atoms with E-state index in [0.29, 0.717) is 5.56 Å². The number of imidazole rings is 1. The molecule has 2 atom stereocenters. The fraction of sp³-hybridized carbons (Fsp3) is 0.357. The van der Waals surface area contributed by atoms with E-state index in [0.717, 1.165) is 12.2 Å². The maximum Gasteiger partial charge on any atom is 0.274 e. The zero-order chi connectivity index (χ0) is 14.5. The van der Waals surface area contributed by atoms with Gasteiger partial charge in [-0.2, -0.15) is 0 Å². The van der Waals surface area contributed by atoms with Gasteiger partial charge in [-0.15, -0.1) is 0 Å². The summed E-state index contributed by atoms with van der Waals surface area (Å²) in [6, 6.07) is 6.71. The molecule has 0 aliphatic carbocycles. The van der Waals surface area contributed by atoms with Crippen LogP contribution in [0.1, 0.15) is 43.7 Å². The topological polar surface area (TPSA) is 83.8 Å². The molecule has 1 aromatic heterocycles. The van der Waals surface area contributed by atoms with Gasteiger partial charge in [0.05, 0.1) is 11.0 Å². The molecule has 0 amide bonds. The highest BCUT2D eigenvalue weighted by molar-refractivity contribution is 5.41. The number of nitro benzene ring substituents is 1. The molecule has 0 aliphatic heterocycles. The normalized spacial score (nSPS) is 13.9. The van der Waals surface area contributed by atoms with Crippen LogP contribution in [-0.4, -0.2) is 14.9 Å². The van der Waals surface area contributed by atoms with Gasteiger partial charge in [-0.3, -0.25) is 10.1 Å². The molecule has 0 spiro atoms. The highest BCUT2D eigenvalue weighted by atomic mass is 16.6. The molecule has 1 aromatic carbocycles. The van der Waals surface area contributed by atoms with Gasteiger partial charge in [-0.1, -0.05) is 25.1 Å². The number of H-pyrrole nitrogens is 1. The van der Waals surface area contributed by atoms with Crippen molar-refractivity contribution in [2.75, 3.05) is 0 Å². The van der Waals surface area contributed by atoms with Crippen LogP contribution in [0.15, 0.2) is 36.7 Å². The minimum atomic E-state index is -0.346. The largest absolute Gasteiger partial charge is 0.347 e. The molecule has 0 saturated carbocycles. The van der Waals surface area contributed by atoms with Gasteiger partial charge in [0.15, 0.2) is 0 Å². The smallest absolute Gasteiger partial charge is 0.274 e. The monoisotopic (exact) mass is 274 g/mol. The third kappa shape index (κ3) is 3.03. The van der Waals surface area contributed by atoms with Gasteiger partial charge in [-0.05, 0) is 13.3 Å². The maximum absolute atomic E-state index is 11.1. The molecule has 0 bridgehead atoms. The van der Waals surface area contributed by atoms with E-state index in [1.807, 2.05) is 19.9 Å². The summed E-state index contributed by atoms with van der Waals surface area (Å²) in [5, 5.41) is 14.5. The van der Waals surface area contributed by atoms with Crippen molar-refractivity contribution in [3.05, 3.63) is 58.2 Å². The number of nitrogens with zero attached hydrogens (tertiary/aromatic N) is 2. The molecule has 2 N–H and O–H groups in total. The lowest BCUT2D eigenvalue weighted by molar-refractivity contribution is -0.385. The zero-order valence-corrected chi connectivity index (χ0v) is 11.5. The van der Waals surface area contributed by atoms with Gasteiger partial charge < -0.3 is 10.3 Å². The average Bonchev–Trinajstić information content (AvgIpc) is 2.98. The van der Waals surface area contributed by atoms with Crippen molar-refractivity contribution in [1.29, 1.82) is 0 Å². The summed E-state index contributed by atoms with van der Waals surface area (Å²) in [6.07, 6.45) is 4.32. The molecule has 2 aromatic rings. The van der Waals surface area contributed by atoms with Crippen LogP contribution in [0, 0.1) is 10.1 Å². The molecule has 1 heterocycles. The van der Waals surface area contributed by atoms with E-state index in [1.54, 1.807) is 24.5 Å². The zero-order valence-electron chi connectivity index (χ0n) is 11.5. The van der Waals surface area contributed by atoms with E-state index in [1.165, 1.54) is 6.07 Å². The second kappa shape index (κ2) is 6.29. The van der Waals surface area contributed by atoms with E-state index >= 15 is 0 Å². The first-order chi connectivity index (χ1) is 9.63. The minimum absolute atomic E-state index is 0.0415. The Labute approximate surface area is 117 Å². The number of hydrogen-bond acceptors (Lipinski definition) is 4. The van der Waals surface area contributed by atoms with Crippen molar-refractivity contribution in [3.8, 4) is 0 Å². The summed E-state index contributed by atoms with van der Waals surface area (Å²) in [6.45, 7) is 3.97. The van der Waals surface area contributed by atoms with Crippen LogP contribution >= 0.6 is 0 Å². The molecule has 0 radical (unpaired) electrons. The number of rotatable bonds is 6. The molecule has 2 unspecified atom stereocenters. The van der Waals surface area contributed by atoms with Gasteiger partial charge in [0, 0.05) is 30.1 Å². The molecular weight excluding hydrogens is 256 g/mol. The van der Waals surface area contributed by atoms with E-state index in [4.69, 9.17) is 0 Å². The van der Waals surface area contributed by atoms with Crippen LogP contribution in [0.4, 0.5) is 5.69 Å². The molecular formula is C14H18N4O2. The fourth-order valence-corrected chi connectivity index (χ4v) is 2.27. The van der Waals surface area contributed by atoms with E-state index in [9.17, 15) is 10.1 Å². The lowest BCUT2D eigenvalue weighted by Gasteiger charge is -2.21. The van der Waals surface area contributed by atoms with Crippen LogP contribution in [0.2, 0.25) is 0 Å². The summed E-state index contributed by atoms with van der Waals surface area (Å²) in [7, 11) is 0. The van der Waals surface area contributed by atoms with Crippen molar-refractivity contribution in [2.45, 2.75) is 32.4 Å². The average molecular weight is 274 g/mol. The van der Waals surface area contributed by atoms with Crippen molar-refractivity contribution in [2.24, 2.45) is 0 Å². The number of hydrogen-bond donors (Lipinski definition) is 2. The Morgan fingerprint density at radius 2 is 2.20 bits per heavy atom. The van der Waals surface area contributed by atoms with Crippen molar-refractivity contribution in [3.63, 3.8) is 0 Å². The first-order valence-electron chi connectivity index (χ1n) is 6.62. The Kier molecular flexibility index (Phi) is 4.47. The van der Waals surface area contributed by atoms with Gasteiger partial charge in [-0.25, -0.2) is 4.98 Å². The Bertz CT molecular complexity index is 568. The highest BCUT2D eigenvalue weighted by Gasteiger charge is 2.21. The summed E-state index contributed by atoms with van der Waals surface area (Å²) in [4.78, 5) is 18.0. The Balaban J connectivity index is 2.19. The van der Waals surface area contributed by atoms with Crippen LogP contribution < -0.4 is 5.32 Å². The van der Waals surface area contributed by atoms with Gasteiger partial charge in [0.2, 0.25) is 0 Å². The van der Waals surface area contributed by atoms with Crippen molar-refractivity contribution < 1.29 is 4.92 Å². The molecule has 0 fully saturated rings. The second-order valence-corrected chi connectivity index (χ2v) is 4.64. The van der Waals surface area contributed by atoms with E-state index in [-0.39, 0.29) is 22.7 Å².